The molecule has 0 atom stereocenters. The molecule has 2 aromatic rings. The van der Waals surface area contributed by atoms with Gasteiger partial charge in [-0.15, -0.1) is 0 Å². The van der Waals surface area contributed by atoms with E-state index in [1.807, 2.05) is 6.07 Å². The summed E-state index contributed by atoms with van der Waals surface area (Å²) in [6.45, 7) is 0.422. The third kappa shape index (κ3) is 2.98. The van der Waals surface area contributed by atoms with Gasteiger partial charge in [0.2, 0.25) is 6.79 Å². The van der Waals surface area contributed by atoms with Crippen molar-refractivity contribution >= 4 is 37.5 Å². The highest BCUT2D eigenvalue weighted by Gasteiger charge is 2.18. The van der Waals surface area contributed by atoms with Gasteiger partial charge in [0.05, 0.1) is 4.47 Å². The number of anilines is 1. The van der Waals surface area contributed by atoms with Crippen LogP contribution in [0, 0.1) is 11.6 Å². The van der Waals surface area contributed by atoms with Crippen LogP contribution in [0.25, 0.3) is 0 Å². The highest BCUT2D eigenvalue weighted by atomic mass is 79.9. The van der Waals surface area contributed by atoms with E-state index in [9.17, 15) is 8.78 Å². The molecule has 0 aromatic heterocycles. The molecule has 0 saturated carbocycles. The molecule has 1 N–H and O–H groups in total. The van der Waals surface area contributed by atoms with Crippen LogP contribution in [-0.2, 0) is 6.54 Å². The molecule has 3 nitrogen and oxygen atoms in total. The standard InChI is InChI=1S/C14H9Br2F2NO2/c15-8-3-10(17)13(11(18)4-8)19-5-7-1-9(16)14-12(2-7)20-6-21-14/h1-4,19H,5-6H2. The predicted molar refractivity (Wildman–Crippen MR) is 81.6 cm³/mol. The molecule has 0 unspecified atom stereocenters. The first-order valence-corrected chi connectivity index (χ1v) is 7.59. The van der Waals surface area contributed by atoms with Crippen molar-refractivity contribution in [2.45, 2.75) is 6.54 Å². The normalized spacial score (nSPS) is 12.6. The maximum absolute atomic E-state index is 13.7. The number of rotatable bonds is 3. The molecule has 2 aromatic carbocycles. The average molecular weight is 421 g/mol. The lowest BCUT2D eigenvalue weighted by Crippen LogP contribution is -2.04. The van der Waals surface area contributed by atoms with Gasteiger partial charge in [-0.25, -0.2) is 8.78 Å². The fourth-order valence-electron chi connectivity index (χ4n) is 2.02. The first-order valence-electron chi connectivity index (χ1n) is 6.01. The van der Waals surface area contributed by atoms with E-state index >= 15 is 0 Å². The number of benzene rings is 2. The molecule has 0 spiro atoms. The second-order valence-electron chi connectivity index (χ2n) is 4.41. The lowest BCUT2D eigenvalue weighted by Gasteiger charge is -2.10. The Hall–Kier alpha value is -1.34. The van der Waals surface area contributed by atoms with Crippen LogP contribution < -0.4 is 14.8 Å². The van der Waals surface area contributed by atoms with Crippen LogP contribution in [-0.4, -0.2) is 6.79 Å². The number of hydrogen-bond donors (Lipinski definition) is 1. The monoisotopic (exact) mass is 419 g/mol. The van der Waals surface area contributed by atoms with E-state index in [1.54, 1.807) is 6.07 Å². The summed E-state index contributed by atoms with van der Waals surface area (Å²) in [5.41, 5.74) is 0.653. The van der Waals surface area contributed by atoms with Crippen molar-refractivity contribution in [1.82, 2.24) is 0 Å². The van der Waals surface area contributed by atoms with Crippen LogP contribution in [0.5, 0.6) is 11.5 Å². The lowest BCUT2D eigenvalue weighted by atomic mass is 10.2. The summed E-state index contributed by atoms with van der Waals surface area (Å²) in [4.78, 5) is 0. The van der Waals surface area contributed by atoms with Gasteiger partial charge >= 0.3 is 0 Å². The number of halogens is 4. The van der Waals surface area contributed by atoms with Crippen LogP contribution >= 0.6 is 31.9 Å². The number of hydrogen-bond acceptors (Lipinski definition) is 3. The molecular weight excluding hydrogens is 412 g/mol. The molecule has 0 radical (unpaired) electrons. The molecule has 0 fully saturated rings. The molecule has 0 saturated heterocycles. The van der Waals surface area contributed by atoms with Gasteiger partial charge in [0, 0.05) is 11.0 Å². The van der Waals surface area contributed by atoms with Crippen LogP contribution in [0.2, 0.25) is 0 Å². The summed E-state index contributed by atoms with van der Waals surface area (Å²) in [5.74, 6) is -0.0546. The Morgan fingerprint density at radius 3 is 2.48 bits per heavy atom. The summed E-state index contributed by atoms with van der Waals surface area (Å²) in [6.07, 6.45) is 0. The zero-order valence-corrected chi connectivity index (χ0v) is 13.7. The quantitative estimate of drug-likeness (QED) is 0.771. The average Bonchev–Trinajstić information content (AvgIpc) is 2.86. The van der Waals surface area contributed by atoms with Crippen LogP contribution in [0.1, 0.15) is 5.56 Å². The van der Waals surface area contributed by atoms with E-state index in [0.29, 0.717) is 16.0 Å². The lowest BCUT2D eigenvalue weighted by molar-refractivity contribution is 0.173. The molecule has 0 amide bonds. The summed E-state index contributed by atoms with van der Waals surface area (Å²) >= 11 is 6.42. The largest absolute Gasteiger partial charge is 0.454 e. The van der Waals surface area contributed by atoms with Gasteiger partial charge < -0.3 is 14.8 Å². The van der Waals surface area contributed by atoms with Crippen molar-refractivity contribution in [1.29, 1.82) is 0 Å². The zero-order chi connectivity index (χ0) is 15.0. The second kappa shape index (κ2) is 5.81. The van der Waals surface area contributed by atoms with Crippen molar-refractivity contribution in [3.8, 4) is 11.5 Å². The molecule has 7 heteroatoms. The SMILES string of the molecule is Fc1cc(Br)cc(F)c1NCc1cc(Br)c2c(c1)OCO2. The third-order valence-electron chi connectivity index (χ3n) is 2.96. The summed E-state index contributed by atoms with van der Waals surface area (Å²) in [5, 5.41) is 2.76. The van der Waals surface area contributed by atoms with Crippen LogP contribution in [0.3, 0.4) is 0 Å². The Morgan fingerprint density at radius 1 is 1.05 bits per heavy atom. The summed E-state index contributed by atoms with van der Waals surface area (Å²) < 4.78 is 39.1. The Labute approximate surface area is 136 Å². The van der Waals surface area contributed by atoms with Crippen molar-refractivity contribution in [3.05, 3.63) is 50.4 Å². The molecule has 0 bridgehead atoms. The molecule has 110 valence electrons. The van der Waals surface area contributed by atoms with E-state index in [-0.39, 0.29) is 19.0 Å². The smallest absolute Gasteiger partial charge is 0.231 e. The highest BCUT2D eigenvalue weighted by Crippen LogP contribution is 2.40. The Kier molecular flexibility index (Phi) is 4.03. The van der Waals surface area contributed by atoms with Crippen molar-refractivity contribution in [3.63, 3.8) is 0 Å². The Balaban J connectivity index is 1.81. The maximum atomic E-state index is 13.7. The van der Waals surface area contributed by atoms with Gasteiger partial charge in [-0.1, -0.05) is 15.9 Å². The van der Waals surface area contributed by atoms with Gasteiger partial charge in [-0.2, -0.15) is 0 Å². The Bertz CT molecular complexity index is 687. The van der Waals surface area contributed by atoms with Crippen molar-refractivity contribution in [2.75, 3.05) is 12.1 Å². The van der Waals surface area contributed by atoms with E-state index in [0.717, 1.165) is 10.0 Å². The van der Waals surface area contributed by atoms with Gasteiger partial charge in [0.15, 0.2) is 11.5 Å². The van der Waals surface area contributed by atoms with E-state index in [1.165, 1.54) is 12.1 Å². The molecule has 1 aliphatic rings. The molecule has 21 heavy (non-hydrogen) atoms. The first-order chi connectivity index (χ1) is 10.0. The third-order valence-corrected chi connectivity index (χ3v) is 4.01. The van der Waals surface area contributed by atoms with E-state index in [2.05, 4.69) is 37.2 Å². The number of ether oxygens (including phenoxy) is 2. The number of nitrogens with one attached hydrogen (secondary N) is 1. The van der Waals surface area contributed by atoms with Gasteiger partial charge in [-0.05, 0) is 45.8 Å². The molecular formula is C14H9Br2F2NO2. The minimum absolute atomic E-state index is 0.160. The summed E-state index contributed by atoms with van der Waals surface area (Å²) in [7, 11) is 0. The number of fused-ring (bicyclic) bond motifs is 1. The highest BCUT2D eigenvalue weighted by molar-refractivity contribution is 9.10. The Morgan fingerprint density at radius 2 is 1.76 bits per heavy atom. The van der Waals surface area contributed by atoms with Crippen molar-refractivity contribution < 1.29 is 18.3 Å². The molecule has 3 rings (SSSR count). The minimum Gasteiger partial charge on any atom is -0.454 e. The molecule has 1 heterocycles. The summed E-state index contributed by atoms with van der Waals surface area (Å²) in [6, 6.07) is 6.01. The van der Waals surface area contributed by atoms with Crippen LogP contribution in [0.4, 0.5) is 14.5 Å². The van der Waals surface area contributed by atoms with Crippen molar-refractivity contribution in [2.24, 2.45) is 0 Å². The fraction of sp³-hybridized carbons (Fsp3) is 0.143. The van der Waals surface area contributed by atoms with E-state index in [4.69, 9.17) is 9.47 Å². The van der Waals surface area contributed by atoms with Gasteiger partial charge in [0.25, 0.3) is 0 Å². The second-order valence-corrected chi connectivity index (χ2v) is 6.18. The van der Waals surface area contributed by atoms with Crippen LogP contribution in [0.15, 0.2) is 33.2 Å². The van der Waals surface area contributed by atoms with E-state index < -0.39 is 11.6 Å². The topological polar surface area (TPSA) is 30.5 Å². The van der Waals surface area contributed by atoms with Gasteiger partial charge in [0.1, 0.15) is 17.3 Å². The first kappa shape index (κ1) is 14.6. The minimum atomic E-state index is -0.651. The van der Waals surface area contributed by atoms with Gasteiger partial charge in [-0.3, -0.25) is 0 Å². The predicted octanol–water partition coefficient (Wildman–Crippen LogP) is 4.83. The molecule has 1 aliphatic heterocycles. The molecule has 0 aliphatic carbocycles. The fourth-order valence-corrected chi connectivity index (χ4v) is 3.03. The maximum Gasteiger partial charge on any atom is 0.231 e. The zero-order valence-electron chi connectivity index (χ0n) is 10.6.